The number of amides is 2. The fraction of sp³-hybridized carbons (Fsp3) is 0.278. The Morgan fingerprint density at radius 3 is 2.64 bits per heavy atom. The zero-order valence-electron chi connectivity index (χ0n) is 13.0. The second-order valence-electron chi connectivity index (χ2n) is 5.40. The van der Waals surface area contributed by atoms with Gasteiger partial charge >= 0.3 is 6.03 Å². The van der Waals surface area contributed by atoms with Gasteiger partial charge in [-0.2, -0.15) is 0 Å². The van der Waals surface area contributed by atoms with E-state index in [9.17, 15) is 4.79 Å². The molecule has 0 aliphatic rings. The largest absolute Gasteiger partial charge is 0.328 e. The number of hydrogen-bond donors (Lipinski definition) is 1. The van der Waals surface area contributed by atoms with Crippen molar-refractivity contribution in [3.8, 4) is 0 Å². The molecule has 1 N–H and O–H groups in total. The topological polar surface area (TPSA) is 32.3 Å². The van der Waals surface area contributed by atoms with Crippen LogP contribution in [-0.2, 0) is 6.42 Å². The van der Waals surface area contributed by atoms with E-state index in [1.807, 2.05) is 37.3 Å². The van der Waals surface area contributed by atoms with Crippen molar-refractivity contribution in [2.45, 2.75) is 19.8 Å². The van der Waals surface area contributed by atoms with Crippen LogP contribution in [0.2, 0.25) is 5.02 Å². The van der Waals surface area contributed by atoms with Gasteiger partial charge in [-0.3, -0.25) is 0 Å². The van der Waals surface area contributed by atoms with Crippen molar-refractivity contribution >= 4 is 23.3 Å². The molecule has 4 heteroatoms. The van der Waals surface area contributed by atoms with Gasteiger partial charge in [0.15, 0.2) is 0 Å². The molecule has 0 saturated carbocycles. The molecule has 0 heterocycles. The second kappa shape index (κ2) is 7.85. The first-order valence-electron chi connectivity index (χ1n) is 7.38. The summed E-state index contributed by atoms with van der Waals surface area (Å²) in [6.07, 6.45) is 1.90. The number of rotatable bonds is 5. The minimum absolute atomic E-state index is 0.113. The Labute approximate surface area is 136 Å². The van der Waals surface area contributed by atoms with Crippen LogP contribution in [0.1, 0.15) is 17.5 Å². The second-order valence-corrected chi connectivity index (χ2v) is 5.84. The lowest BCUT2D eigenvalue weighted by atomic mass is 10.1. The van der Waals surface area contributed by atoms with Crippen molar-refractivity contribution in [2.24, 2.45) is 0 Å². The number of nitrogens with zero attached hydrogens (tertiary/aromatic N) is 1. The molecule has 22 heavy (non-hydrogen) atoms. The highest BCUT2D eigenvalue weighted by atomic mass is 35.5. The molecule has 0 aliphatic carbocycles. The van der Waals surface area contributed by atoms with Gasteiger partial charge in [0.2, 0.25) is 0 Å². The molecule has 0 saturated heterocycles. The molecule has 0 fully saturated rings. The molecule has 0 bridgehead atoms. The van der Waals surface area contributed by atoms with Crippen LogP contribution in [0.15, 0.2) is 48.5 Å². The maximum absolute atomic E-state index is 12.2. The van der Waals surface area contributed by atoms with E-state index < -0.39 is 0 Å². The SMILES string of the molecule is Cc1ccc(Cl)cc1NC(=O)N(C)CCCc1ccccc1. The summed E-state index contributed by atoms with van der Waals surface area (Å²) < 4.78 is 0. The van der Waals surface area contributed by atoms with Crippen molar-refractivity contribution in [1.82, 2.24) is 4.90 Å². The zero-order valence-corrected chi connectivity index (χ0v) is 13.7. The molecule has 3 nitrogen and oxygen atoms in total. The Bertz CT molecular complexity index is 628. The first-order valence-corrected chi connectivity index (χ1v) is 7.76. The molecule has 116 valence electrons. The van der Waals surface area contributed by atoms with Crippen LogP contribution in [0, 0.1) is 6.92 Å². The summed E-state index contributed by atoms with van der Waals surface area (Å²) in [6, 6.07) is 15.7. The van der Waals surface area contributed by atoms with Gasteiger partial charge < -0.3 is 10.2 Å². The van der Waals surface area contributed by atoms with Gasteiger partial charge in [0, 0.05) is 24.3 Å². The Kier molecular flexibility index (Phi) is 5.84. The number of carbonyl (C=O) groups excluding carboxylic acids is 1. The highest BCUT2D eigenvalue weighted by Gasteiger charge is 2.10. The van der Waals surface area contributed by atoms with E-state index in [1.54, 1.807) is 18.0 Å². The number of anilines is 1. The molecular weight excluding hydrogens is 296 g/mol. The molecule has 2 aromatic carbocycles. The number of benzene rings is 2. The molecule has 0 spiro atoms. The molecule has 2 rings (SSSR count). The van der Waals surface area contributed by atoms with Crippen LogP contribution in [0.3, 0.4) is 0 Å². The van der Waals surface area contributed by atoms with E-state index in [2.05, 4.69) is 17.4 Å². The lowest BCUT2D eigenvalue weighted by Crippen LogP contribution is -2.32. The Balaban J connectivity index is 1.83. The van der Waals surface area contributed by atoms with Gasteiger partial charge in [-0.1, -0.05) is 48.0 Å². The van der Waals surface area contributed by atoms with Crippen molar-refractivity contribution in [1.29, 1.82) is 0 Å². The molecule has 2 amide bonds. The number of urea groups is 1. The standard InChI is InChI=1S/C18H21ClN2O/c1-14-10-11-16(19)13-17(14)20-18(22)21(2)12-6-9-15-7-4-3-5-8-15/h3-5,7-8,10-11,13H,6,9,12H2,1-2H3,(H,20,22). The van der Waals surface area contributed by atoms with Crippen LogP contribution in [-0.4, -0.2) is 24.5 Å². The van der Waals surface area contributed by atoms with E-state index in [1.165, 1.54) is 5.56 Å². The summed E-state index contributed by atoms with van der Waals surface area (Å²) >= 11 is 5.97. The average molecular weight is 317 g/mol. The Hall–Kier alpha value is -2.00. The van der Waals surface area contributed by atoms with E-state index >= 15 is 0 Å². The quantitative estimate of drug-likeness (QED) is 0.848. The predicted molar refractivity (Wildman–Crippen MR) is 92.6 cm³/mol. The summed E-state index contributed by atoms with van der Waals surface area (Å²) in [4.78, 5) is 13.9. The van der Waals surface area contributed by atoms with E-state index in [4.69, 9.17) is 11.6 Å². The fourth-order valence-corrected chi connectivity index (χ4v) is 2.38. The molecule has 0 aliphatic heterocycles. The monoisotopic (exact) mass is 316 g/mol. The van der Waals surface area contributed by atoms with Crippen LogP contribution >= 0.6 is 11.6 Å². The minimum Gasteiger partial charge on any atom is -0.328 e. The van der Waals surface area contributed by atoms with Gasteiger partial charge in [0.1, 0.15) is 0 Å². The highest BCUT2D eigenvalue weighted by molar-refractivity contribution is 6.31. The summed E-state index contributed by atoms with van der Waals surface area (Å²) in [6.45, 7) is 2.65. The number of halogens is 1. The summed E-state index contributed by atoms with van der Waals surface area (Å²) in [5.41, 5.74) is 3.05. The van der Waals surface area contributed by atoms with Crippen molar-refractivity contribution in [3.05, 3.63) is 64.7 Å². The highest BCUT2D eigenvalue weighted by Crippen LogP contribution is 2.20. The third-order valence-electron chi connectivity index (χ3n) is 3.59. The lowest BCUT2D eigenvalue weighted by molar-refractivity contribution is 0.222. The third-order valence-corrected chi connectivity index (χ3v) is 3.82. The summed E-state index contributed by atoms with van der Waals surface area (Å²) in [5, 5.41) is 3.52. The van der Waals surface area contributed by atoms with Gasteiger partial charge in [-0.25, -0.2) is 4.79 Å². The van der Waals surface area contributed by atoms with Gasteiger partial charge in [0.25, 0.3) is 0 Å². The third kappa shape index (κ3) is 4.78. The molecule has 0 unspecified atom stereocenters. The Morgan fingerprint density at radius 2 is 1.91 bits per heavy atom. The van der Waals surface area contributed by atoms with E-state index in [0.717, 1.165) is 24.1 Å². The summed E-state index contributed by atoms with van der Waals surface area (Å²) in [5.74, 6) is 0. The van der Waals surface area contributed by atoms with Crippen molar-refractivity contribution < 1.29 is 4.79 Å². The predicted octanol–water partition coefficient (Wildman–Crippen LogP) is 4.74. The first-order chi connectivity index (χ1) is 10.6. The molecular formula is C18H21ClN2O. The average Bonchev–Trinajstić information content (AvgIpc) is 2.52. The fourth-order valence-electron chi connectivity index (χ4n) is 2.21. The normalized spacial score (nSPS) is 10.3. The van der Waals surface area contributed by atoms with Gasteiger partial charge in [0.05, 0.1) is 0 Å². The molecule has 2 aromatic rings. The first kappa shape index (κ1) is 16.4. The van der Waals surface area contributed by atoms with Gasteiger partial charge in [-0.05, 0) is 43.0 Å². The van der Waals surface area contributed by atoms with Crippen molar-refractivity contribution in [2.75, 3.05) is 18.9 Å². The number of aryl methyl sites for hydroxylation is 2. The van der Waals surface area contributed by atoms with Crippen LogP contribution in [0.5, 0.6) is 0 Å². The van der Waals surface area contributed by atoms with Gasteiger partial charge in [-0.15, -0.1) is 0 Å². The summed E-state index contributed by atoms with van der Waals surface area (Å²) in [7, 11) is 1.81. The Morgan fingerprint density at radius 1 is 1.18 bits per heavy atom. The van der Waals surface area contributed by atoms with E-state index in [-0.39, 0.29) is 6.03 Å². The maximum Gasteiger partial charge on any atom is 0.321 e. The van der Waals surface area contributed by atoms with Crippen molar-refractivity contribution in [3.63, 3.8) is 0 Å². The molecule has 0 aromatic heterocycles. The van der Waals surface area contributed by atoms with E-state index in [0.29, 0.717) is 11.6 Å². The zero-order chi connectivity index (χ0) is 15.9. The maximum atomic E-state index is 12.2. The molecule has 0 atom stereocenters. The lowest BCUT2D eigenvalue weighted by Gasteiger charge is -2.19. The van der Waals surface area contributed by atoms with Crippen LogP contribution in [0.25, 0.3) is 0 Å². The van der Waals surface area contributed by atoms with Crippen LogP contribution in [0.4, 0.5) is 10.5 Å². The minimum atomic E-state index is -0.113. The van der Waals surface area contributed by atoms with Crippen LogP contribution < -0.4 is 5.32 Å². The number of hydrogen-bond acceptors (Lipinski definition) is 1. The number of carbonyl (C=O) groups is 1. The smallest absolute Gasteiger partial charge is 0.321 e. The molecule has 0 radical (unpaired) electrons. The number of nitrogens with one attached hydrogen (secondary N) is 1.